The number of nitrogens with one attached hydrogen (secondary N) is 1. The van der Waals surface area contributed by atoms with E-state index in [0.717, 1.165) is 12.8 Å². The van der Waals surface area contributed by atoms with E-state index < -0.39 is 22.0 Å². The fraction of sp³-hybridized carbons (Fsp3) is 0.462. The number of nitrogens with zero attached hydrogens (tertiary/aromatic N) is 1. The van der Waals surface area contributed by atoms with Crippen molar-refractivity contribution in [2.45, 2.75) is 30.7 Å². The first-order valence-corrected chi connectivity index (χ1v) is 8.16. The number of amides is 1. The van der Waals surface area contributed by atoms with E-state index >= 15 is 0 Å². The Bertz CT molecular complexity index is 643. The first-order valence-electron chi connectivity index (χ1n) is 6.72. The molecule has 0 saturated carbocycles. The Morgan fingerprint density at radius 1 is 1.36 bits per heavy atom. The predicted octanol–water partition coefficient (Wildman–Crippen LogP) is 0.884. The second-order valence-corrected chi connectivity index (χ2v) is 7.01. The molecule has 0 aliphatic carbocycles. The normalized spacial score (nSPS) is 16.8. The van der Waals surface area contributed by atoms with Crippen LogP contribution in [0.25, 0.3) is 0 Å². The molecule has 0 aromatic heterocycles. The minimum absolute atomic E-state index is 0. The average molecular weight is 350 g/mol. The van der Waals surface area contributed by atoms with E-state index in [1.165, 1.54) is 29.4 Å². The van der Waals surface area contributed by atoms with Gasteiger partial charge in [0, 0.05) is 13.1 Å². The standard InChI is InChI=1S/C13H19N3O4S.ClH/c1-9(14)13(18)15-11-8-10(4-5-12(11)17)21(19,20)16-6-2-3-7-16;/h4-5,8-9,17H,2-3,6-7,14H2,1H3,(H,15,18);1H. The number of aromatic hydroxyl groups is 1. The number of carbonyl (C=O) groups is 1. The van der Waals surface area contributed by atoms with Gasteiger partial charge in [-0.2, -0.15) is 4.31 Å². The predicted molar refractivity (Wildman–Crippen MR) is 85.6 cm³/mol. The van der Waals surface area contributed by atoms with E-state index in [1.807, 2.05) is 0 Å². The molecule has 1 aromatic carbocycles. The lowest BCUT2D eigenvalue weighted by atomic mass is 10.2. The summed E-state index contributed by atoms with van der Waals surface area (Å²) in [7, 11) is -3.59. The van der Waals surface area contributed by atoms with Crippen LogP contribution in [0.3, 0.4) is 0 Å². The van der Waals surface area contributed by atoms with Crippen LogP contribution < -0.4 is 11.1 Å². The van der Waals surface area contributed by atoms with Gasteiger partial charge in [-0.15, -0.1) is 12.4 Å². The van der Waals surface area contributed by atoms with Crippen molar-refractivity contribution >= 4 is 34.0 Å². The highest BCUT2D eigenvalue weighted by molar-refractivity contribution is 7.89. The van der Waals surface area contributed by atoms with Crippen molar-refractivity contribution in [2.24, 2.45) is 5.73 Å². The van der Waals surface area contributed by atoms with Gasteiger partial charge in [0.2, 0.25) is 15.9 Å². The largest absolute Gasteiger partial charge is 0.506 e. The average Bonchev–Trinajstić information content (AvgIpc) is 2.95. The quantitative estimate of drug-likeness (QED) is 0.698. The molecule has 1 aliphatic rings. The Labute approximate surface area is 135 Å². The molecule has 2 rings (SSSR count). The summed E-state index contributed by atoms with van der Waals surface area (Å²) in [5.41, 5.74) is 5.48. The Morgan fingerprint density at radius 2 is 1.95 bits per heavy atom. The molecular formula is C13H20ClN3O4S. The van der Waals surface area contributed by atoms with Crippen molar-refractivity contribution in [1.29, 1.82) is 0 Å². The molecule has 4 N–H and O–H groups in total. The minimum atomic E-state index is -3.59. The van der Waals surface area contributed by atoms with Crippen LogP contribution in [0.1, 0.15) is 19.8 Å². The maximum Gasteiger partial charge on any atom is 0.243 e. The van der Waals surface area contributed by atoms with Gasteiger partial charge in [0.15, 0.2) is 0 Å². The highest BCUT2D eigenvalue weighted by Gasteiger charge is 2.28. The van der Waals surface area contributed by atoms with Crippen molar-refractivity contribution in [3.05, 3.63) is 18.2 Å². The first-order chi connectivity index (χ1) is 9.82. The molecule has 1 amide bonds. The molecule has 9 heteroatoms. The van der Waals surface area contributed by atoms with Gasteiger partial charge < -0.3 is 16.2 Å². The van der Waals surface area contributed by atoms with Gasteiger partial charge in [-0.05, 0) is 38.0 Å². The van der Waals surface area contributed by atoms with E-state index in [-0.39, 0.29) is 28.7 Å². The third-order valence-electron chi connectivity index (χ3n) is 3.34. The fourth-order valence-electron chi connectivity index (χ4n) is 2.10. The van der Waals surface area contributed by atoms with Gasteiger partial charge >= 0.3 is 0 Å². The van der Waals surface area contributed by atoms with E-state index in [0.29, 0.717) is 13.1 Å². The van der Waals surface area contributed by atoms with Crippen LogP contribution in [0.2, 0.25) is 0 Å². The topological polar surface area (TPSA) is 113 Å². The molecule has 7 nitrogen and oxygen atoms in total. The summed E-state index contributed by atoms with van der Waals surface area (Å²) in [6, 6.07) is 3.07. The lowest BCUT2D eigenvalue weighted by molar-refractivity contribution is -0.117. The molecule has 1 fully saturated rings. The molecule has 1 unspecified atom stereocenters. The summed E-state index contributed by atoms with van der Waals surface area (Å²) < 4.78 is 26.2. The lowest BCUT2D eigenvalue weighted by Crippen LogP contribution is -2.32. The number of phenols is 1. The summed E-state index contributed by atoms with van der Waals surface area (Å²) in [5.74, 6) is -0.703. The zero-order chi connectivity index (χ0) is 15.6. The molecule has 124 valence electrons. The Morgan fingerprint density at radius 3 is 2.50 bits per heavy atom. The summed E-state index contributed by atoms with van der Waals surface area (Å²) in [6.07, 6.45) is 1.68. The van der Waals surface area contributed by atoms with Crippen LogP contribution in [0.5, 0.6) is 5.75 Å². The number of sulfonamides is 1. The van der Waals surface area contributed by atoms with Crippen LogP contribution in [0, 0.1) is 0 Å². The van der Waals surface area contributed by atoms with E-state index in [9.17, 15) is 18.3 Å². The summed E-state index contributed by atoms with van der Waals surface area (Å²) >= 11 is 0. The number of anilines is 1. The van der Waals surface area contributed by atoms with E-state index in [2.05, 4.69) is 5.32 Å². The number of hydrogen-bond donors (Lipinski definition) is 3. The smallest absolute Gasteiger partial charge is 0.243 e. The third kappa shape index (κ3) is 3.89. The van der Waals surface area contributed by atoms with Crippen LogP contribution in [0.4, 0.5) is 5.69 Å². The fourth-order valence-corrected chi connectivity index (χ4v) is 3.64. The van der Waals surface area contributed by atoms with Crippen LogP contribution in [0.15, 0.2) is 23.1 Å². The Kier molecular flexibility index (Phi) is 6.18. The molecule has 1 atom stereocenters. The second-order valence-electron chi connectivity index (χ2n) is 5.07. The molecule has 0 bridgehead atoms. The van der Waals surface area contributed by atoms with Gasteiger partial charge in [-0.25, -0.2) is 8.42 Å². The maximum absolute atomic E-state index is 12.4. The van der Waals surface area contributed by atoms with Crippen molar-refractivity contribution < 1.29 is 18.3 Å². The van der Waals surface area contributed by atoms with E-state index in [1.54, 1.807) is 0 Å². The molecule has 1 aliphatic heterocycles. The minimum Gasteiger partial charge on any atom is -0.506 e. The van der Waals surface area contributed by atoms with Gasteiger partial charge in [0.05, 0.1) is 16.6 Å². The highest BCUT2D eigenvalue weighted by atomic mass is 35.5. The molecule has 1 aromatic rings. The van der Waals surface area contributed by atoms with Crippen molar-refractivity contribution in [3.8, 4) is 5.75 Å². The van der Waals surface area contributed by atoms with Gasteiger partial charge in [0.25, 0.3) is 0 Å². The first kappa shape index (κ1) is 18.7. The molecule has 0 spiro atoms. The number of carbonyl (C=O) groups excluding carboxylic acids is 1. The van der Waals surface area contributed by atoms with Crippen molar-refractivity contribution in [3.63, 3.8) is 0 Å². The van der Waals surface area contributed by atoms with Crippen LogP contribution in [-0.4, -0.2) is 42.9 Å². The zero-order valence-electron chi connectivity index (χ0n) is 12.2. The number of hydrogen-bond acceptors (Lipinski definition) is 5. The van der Waals surface area contributed by atoms with Gasteiger partial charge in [-0.1, -0.05) is 0 Å². The molecule has 22 heavy (non-hydrogen) atoms. The SMILES string of the molecule is CC(N)C(=O)Nc1cc(S(=O)(=O)N2CCCC2)ccc1O.Cl. The zero-order valence-corrected chi connectivity index (χ0v) is 13.8. The lowest BCUT2D eigenvalue weighted by Gasteiger charge is -2.17. The van der Waals surface area contributed by atoms with Crippen molar-refractivity contribution in [2.75, 3.05) is 18.4 Å². The van der Waals surface area contributed by atoms with Gasteiger partial charge in [0.1, 0.15) is 5.75 Å². The summed E-state index contributed by atoms with van der Waals surface area (Å²) in [4.78, 5) is 11.6. The van der Waals surface area contributed by atoms with Gasteiger partial charge in [-0.3, -0.25) is 4.79 Å². The second kappa shape index (κ2) is 7.28. The highest BCUT2D eigenvalue weighted by Crippen LogP contribution is 2.29. The maximum atomic E-state index is 12.4. The number of halogens is 1. The monoisotopic (exact) mass is 349 g/mol. The Balaban J connectivity index is 0.00000242. The Hall–Kier alpha value is -1.35. The summed E-state index contributed by atoms with van der Waals surface area (Å²) in [5, 5.41) is 12.1. The summed E-state index contributed by atoms with van der Waals surface area (Å²) in [6.45, 7) is 2.48. The van der Waals surface area contributed by atoms with Crippen LogP contribution in [-0.2, 0) is 14.8 Å². The molecule has 1 heterocycles. The molecule has 1 saturated heterocycles. The molecule has 0 radical (unpaired) electrons. The van der Waals surface area contributed by atoms with Crippen LogP contribution >= 0.6 is 12.4 Å². The number of nitrogens with two attached hydrogens (primary N) is 1. The van der Waals surface area contributed by atoms with Crippen molar-refractivity contribution in [1.82, 2.24) is 4.31 Å². The molecular weight excluding hydrogens is 330 g/mol. The third-order valence-corrected chi connectivity index (χ3v) is 5.24. The van der Waals surface area contributed by atoms with E-state index in [4.69, 9.17) is 5.73 Å². The number of phenolic OH excluding ortho intramolecular Hbond substituents is 1. The number of benzene rings is 1. The number of rotatable bonds is 4.